The minimum atomic E-state index is -1.07. The Morgan fingerprint density at radius 2 is 1.73 bits per heavy atom. The van der Waals surface area contributed by atoms with Crippen LogP contribution in [0.25, 0.3) is 0 Å². The van der Waals surface area contributed by atoms with Crippen LogP contribution in [0.2, 0.25) is 0 Å². The van der Waals surface area contributed by atoms with Crippen molar-refractivity contribution in [1.29, 1.82) is 0 Å². The predicted octanol–water partition coefficient (Wildman–Crippen LogP) is 5.10. The number of ether oxygens (including phenoxy) is 2. The lowest BCUT2D eigenvalue weighted by Crippen LogP contribution is -2.50. The minimum Gasteiger partial charge on any atom is -0.493 e. The zero-order chi connectivity index (χ0) is 30.2. The van der Waals surface area contributed by atoms with Gasteiger partial charge in [-0.15, -0.1) is 0 Å². The van der Waals surface area contributed by atoms with E-state index in [0.717, 1.165) is 11.1 Å². The normalized spacial score (nSPS) is 11.9. The van der Waals surface area contributed by atoms with E-state index in [2.05, 4.69) is 15.8 Å². The number of hydrogen-bond donors (Lipinski definition) is 2. The Labute approximate surface area is 241 Å². The molecule has 2 N–H and O–H groups in total. The number of rotatable bonds is 13. The molecule has 0 aliphatic rings. The van der Waals surface area contributed by atoms with Crippen molar-refractivity contribution in [2.45, 2.75) is 72.0 Å². The van der Waals surface area contributed by atoms with Gasteiger partial charge < -0.3 is 29.5 Å². The fourth-order valence-corrected chi connectivity index (χ4v) is 4.28. The van der Waals surface area contributed by atoms with E-state index in [1.807, 2.05) is 52.0 Å². The summed E-state index contributed by atoms with van der Waals surface area (Å²) in [5, 5.41) is 9.50. The Bertz CT molecular complexity index is 1350. The van der Waals surface area contributed by atoms with Crippen molar-refractivity contribution in [3.63, 3.8) is 0 Å². The van der Waals surface area contributed by atoms with Gasteiger partial charge in [-0.3, -0.25) is 14.4 Å². The van der Waals surface area contributed by atoms with Crippen LogP contribution < -0.4 is 20.1 Å². The maximum absolute atomic E-state index is 14.1. The maximum atomic E-state index is 14.1. The summed E-state index contributed by atoms with van der Waals surface area (Å²) in [6.07, 6.45) is 0.426. The standard InChI is InChI=1S/C31H40N4O6/c1-8-31(4,5)33-30(38)28(23-10-9-11-24(39-6)29(23)40-7)35(19-22-14-12-20(2)13-15-22)27(37)17-16-26(36)32-25-18-21(3)41-34-25/h9-15,18,28H,8,16-17,19H2,1-7H3,(H,33,38)(H,32,34,36)/t28-/m0/s1. The summed E-state index contributed by atoms with van der Waals surface area (Å²) in [5.41, 5.74) is 1.84. The van der Waals surface area contributed by atoms with Gasteiger partial charge in [-0.05, 0) is 45.7 Å². The largest absolute Gasteiger partial charge is 0.493 e. The maximum Gasteiger partial charge on any atom is 0.248 e. The van der Waals surface area contributed by atoms with Crippen molar-refractivity contribution < 1.29 is 28.4 Å². The third-order valence-corrected chi connectivity index (χ3v) is 6.89. The summed E-state index contributed by atoms with van der Waals surface area (Å²) in [5.74, 6) is 0.470. The van der Waals surface area contributed by atoms with E-state index >= 15 is 0 Å². The molecule has 1 atom stereocenters. The van der Waals surface area contributed by atoms with Gasteiger partial charge >= 0.3 is 0 Å². The number of aryl methyl sites for hydroxylation is 2. The van der Waals surface area contributed by atoms with Crippen LogP contribution >= 0.6 is 0 Å². The molecule has 0 bridgehead atoms. The average Bonchev–Trinajstić information content (AvgIpc) is 3.35. The summed E-state index contributed by atoms with van der Waals surface area (Å²) < 4.78 is 16.2. The Kier molecular flexibility index (Phi) is 10.5. The number of para-hydroxylation sites is 1. The molecule has 1 heterocycles. The first-order valence-corrected chi connectivity index (χ1v) is 13.6. The van der Waals surface area contributed by atoms with E-state index < -0.39 is 17.5 Å². The average molecular weight is 565 g/mol. The molecule has 220 valence electrons. The number of nitrogens with zero attached hydrogens (tertiary/aromatic N) is 2. The van der Waals surface area contributed by atoms with Crippen LogP contribution in [0.15, 0.2) is 53.1 Å². The second-order valence-corrected chi connectivity index (χ2v) is 10.6. The quantitative estimate of drug-likeness (QED) is 0.296. The molecule has 0 aliphatic heterocycles. The first-order valence-electron chi connectivity index (χ1n) is 13.6. The van der Waals surface area contributed by atoms with Crippen LogP contribution in [-0.2, 0) is 20.9 Å². The smallest absolute Gasteiger partial charge is 0.248 e. The van der Waals surface area contributed by atoms with Crippen LogP contribution in [0.3, 0.4) is 0 Å². The van der Waals surface area contributed by atoms with Gasteiger partial charge in [0, 0.05) is 36.6 Å². The summed E-state index contributed by atoms with van der Waals surface area (Å²) in [6, 6.07) is 13.5. The molecule has 0 fully saturated rings. The van der Waals surface area contributed by atoms with Crippen molar-refractivity contribution in [2.24, 2.45) is 0 Å². The van der Waals surface area contributed by atoms with Gasteiger partial charge in [-0.1, -0.05) is 54.0 Å². The van der Waals surface area contributed by atoms with Crippen molar-refractivity contribution in [1.82, 2.24) is 15.4 Å². The van der Waals surface area contributed by atoms with Crippen molar-refractivity contribution in [3.8, 4) is 11.5 Å². The summed E-state index contributed by atoms with van der Waals surface area (Å²) >= 11 is 0. The lowest BCUT2D eigenvalue weighted by atomic mass is 9.97. The van der Waals surface area contributed by atoms with Gasteiger partial charge in [0.25, 0.3) is 0 Å². The molecule has 10 heteroatoms. The highest BCUT2D eigenvalue weighted by Gasteiger charge is 2.36. The number of benzene rings is 2. The highest BCUT2D eigenvalue weighted by molar-refractivity contribution is 5.94. The lowest BCUT2D eigenvalue weighted by molar-refractivity contribution is -0.143. The fourth-order valence-electron chi connectivity index (χ4n) is 4.28. The monoisotopic (exact) mass is 564 g/mol. The van der Waals surface area contributed by atoms with Gasteiger partial charge in [0.05, 0.1) is 14.2 Å². The molecule has 0 aliphatic carbocycles. The van der Waals surface area contributed by atoms with Crippen LogP contribution in [0, 0.1) is 13.8 Å². The Morgan fingerprint density at radius 1 is 1.02 bits per heavy atom. The number of methoxy groups -OCH3 is 2. The van der Waals surface area contributed by atoms with Gasteiger partial charge in [0.2, 0.25) is 17.7 Å². The fraction of sp³-hybridized carbons (Fsp3) is 0.419. The lowest BCUT2D eigenvalue weighted by Gasteiger charge is -2.35. The molecule has 1 aromatic heterocycles. The van der Waals surface area contributed by atoms with Gasteiger partial charge in [-0.25, -0.2) is 0 Å². The molecule has 0 spiro atoms. The Morgan fingerprint density at radius 3 is 2.32 bits per heavy atom. The van der Waals surface area contributed by atoms with E-state index in [-0.39, 0.29) is 37.0 Å². The highest BCUT2D eigenvalue weighted by Crippen LogP contribution is 2.38. The van der Waals surface area contributed by atoms with Crippen LogP contribution in [0.1, 0.15) is 68.5 Å². The Balaban J connectivity index is 2.03. The minimum absolute atomic E-state index is 0.112. The molecule has 3 amide bonds. The molecule has 3 aromatic rings. The van der Waals surface area contributed by atoms with Crippen molar-refractivity contribution in [3.05, 3.63) is 71.0 Å². The van der Waals surface area contributed by atoms with Crippen LogP contribution in [-0.4, -0.2) is 47.5 Å². The molecule has 2 aromatic carbocycles. The zero-order valence-electron chi connectivity index (χ0n) is 24.9. The molecule has 0 saturated carbocycles. The number of hydrogen-bond acceptors (Lipinski definition) is 7. The first kappa shape index (κ1) is 31.2. The third-order valence-electron chi connectivity index (χ3n) is 6.89. The molecular weight excluding hydrogens is 524 g/mol. The topological polar surface area (TPSA) is 123 Å². The summed E-state index contributed by atoms with van der Waals surface area (Å²) in [4.78, 5) is 42.1. The Hall–Kier alpha value is -4.34. The molecular formula is C31H40N4O6. The van der Waals surface area contributed by atoms with Gasteiger partial charge in [0.1, 0.15) is 11.8 Å². The van der Waals surface area contributed by atoms with E-state index in [0.29, 0.717) is 29.2 Å². The second-order valence-electron chi connectivity index (χ2n) is 10.6. The number of carbonyl (C=O) groups is 3. The number of anilines is 1. The number of aromatic nitrogens is 1. The van der Waals surface area contributed by atoms with Crippen molar-refractivity contribution in [2.75, 3.05) is 19.5 Å². The molecule has 41 heavy (non-hydrogen) atoms. The summed E-state index contributed by atoms with van der Waals surface area (Å²) in [7, 11) is 3.01. The first-order chi connectivity index (χ1) is 19.5. The molecule has 0 saturated heterocycles. The zero-order valence-corrected chi connectivity index (χ0v) is 24.9. The van der Waals surface area contributed by atoms with Crippen LogP contribution in [0.5, 0.6) is 11.5 Å². The van der Waals surface area contributed by atoms with Gasteiger partial charge in [0.15, 0.2) is 17.3 Å². The number of carbonyl (C=O) groups excluding carboxylic acids is 3. The molecule has 0 unspecified atom stereocenters. The third kappa shape index (κ3) is 8.33. The van der Waals surface area contributed by atoms with Gasteiger partial charge in [-0.2, -0.15) is 0 Å². The SMILES string of the molecule is CCC(C)(C)NC(=O)[C@H](c1cccc(OC)c1OC)N(Cc1ccc(C)cc1)C(=O)CCC(=O)Nc1cc(C)on1. The van der Waals surface area contributed by atoms with E-state index in [1.54, 1.807) is 31.2 Å². The second kappa shape index (κ2) is 13.8. The molecule has 10 nitrogen and oxygen atoms in total. The predicted molar refractivity (Wildman–Crippen MR) is 156 cm³/mol. The summed E-state index contributed by atoms with van der Waals surface area (Å²) in [6.45, 7) is 9.65. The van der Waals surface area contributed by atoms with Crippen molar-refractivity contribution >= 4 is 23.5 Å². The highest BCUT2D eigenvalue weighted by atomic mass is 16.5. The molecule has 0 radical (unpaired) electrons. The number of nitrogens with one attached hydrogen (secondary N) is 2. The van der Waals surface area contributed by atoms with Crippen LogP contribution in [0.4, 0.5) is 5.82 Å². The van der Waals surface area contributed by atoms with E-state index in [4.69, 9.17) is 14.0 Å². The number of amides is 3. The molecule has 3 rings (SSSR count). The van der Waals surface area contributed by atoms with E-state index in [1.165, 1.54) is 19.1 Å². The van der Waals surface area contributed by atoms with E-state index in [9.17, 15) is 14.4 Å².